The average molecular weight is 351 g/mol. The maximum absolute atomic E-state index is 6.19. The van der Waals surface area contributed by atoms with Gasteiger partial charge in [-0.3, -0.25) is 0 Å². The minimum absolute atomic E-state index is 0.323. The number of nitrogens with zero attached hydrogens (tertiary/aromatic N) is 4. The molecule has 0 amide bonds. The second-order valence-electron chi connectivity index (χ2n) is 5.57. The molecule has 0 saturated carbocycles. The van der Waals surface area contributed by atoms with E-state index in [1.54, 1.807) is 6.20 Å². The second-order valence-corrected chi connectivity index (χ2v) is 6.97. The summed E-state index contributed by atoms with van der Waals surface area (Å²) in [4.78, 5) is 16.3. The van der Waals surface area contributed by atoms with Gasteiger partial charge in [0.15, 0.2) is 0 Å². The molecule has 122 valence electrons. The molecule has 0 spiro atoms. The Bertz CT molecular complexity index is 710. The van der Waals surface area contributed by atoms with Crippen LogP contribution in [0.15, 0.2) is 28.4 Å². The van der Waals surface area contributed by atoms with E-state index in [2.05, 4.69) is 19.9 Å². The maximum Gasteiger partial charge on any atom is 0.147 e. The molecule has 0 aliphatic carbocycles. The summed E-state index contributed by atoms with van der Waals surface area (Å²) in [6, 6.07) is 1.82. The molecular weight excluding hydrogens is 332 g/mol. The fourth-order valence-electron chi connectivity index (χ4n) is 2.57. The zero-order chi connectivity index (χ0) is 16.4. The molecule has 0 radical (unpaired) electrons. The first-order valence-electron chi connectivity index (χ1n) is 7.45. The van der Waals surface area contributed by atoms with Crippen molar-refractivity contribution in [1.82, 2.24) is 15.0 Å². The number of pyridine rings is 1. The van der Waals surface area contributed by atoms with Crippen molar-refractivity contribution < 1.29 is 0 Å². The molecule has 1 saturated heterocycles. The van der Waals surface area contributed by atoms with Crippen molar-refractivity contribution in [2.24, 2.45) is 11.7 Å². The van der Waals surface area contributed by atoms with Gasteiger partial charge in [-0.1, -0.05) is 23.4 Å². The fraction of sp³-hybridized carbons (Fsp3) is 0.400. The first-order valence-corrected chi connectivity index (χ1v) is 8.64. The molecule has 23 heavy (non-hydrogen) atoms. The first-order chi connectivity index (χ1) is 11.1. The summed E-state index contributed by atoms with van der Waals surface area (Å²) in [7, 11) is 0. The van der Waals surface area contributed by atoms with Crippen molar-refractivity contribution in [2.45, 2.75) is 23.3 Å². The van der Waals surface area contributed by atoms with Crippen LogP contribution in [0, 0.1) is 12.8 Å². The van der Waals surface area contributed by atoms with Crippen LogP contribution in [0.5, 0.6) is 0 Å². The van der Waals surface area contributed by atoms with Gasteiger partial charge in [0.25, 0.3) is 0 Å². The van der Waals surface area contributed by atoms with Gasteiger partial charge in [-0.15, -0.1) is 0 Å². The van der Waals surface area contributed by atoms with E-state index in [1.807, 2.05) is 19.2 Å². The Labute approximate surface area is 144 Å². The number of nitrogen functional groups attached to an aromatic ring is 1. The van der Waals surface area contributed by atoms with Crippen LogP contribution in [0.3, 0.4) is 0 Å². The lowest BCUT2D eigenvalue weighted by atomic mass is 10.1. The molecule has 6 nitrogen and oxygen atoms in total. The molecule has 1 aliphatic heterocycles. The molecule has 1 aliphatic rings. The van der Waals surface area contributed by atoms with Gasteiger partial charge in [-0.25, -0.2) is 15.0 Å². The Kier molecular flexibility index (Phi) is 4.89. The Morgan fingerprint density at radius 3 is 2.96 bits per heavy atom. The molecule has 1 atom stereocenters. The van der Waals surface area contributed by atoms with Crippen LogP contribution >= 0.6 is 23.4 Å². The van der Waals surface area contributed by atoms with Crippen molar-refractivity contribution >= 4 is 35.0 Å². The highest BCUT2D eigenvalue weighted by atomic mass is 35.5. The van der Waals surface area contributed by atoms with E-state index in [0.29, 0.717) is 16.8 Å². The first kappa shape index (κ1) is 16.3. The van der Waals surface area contributed by atoms with Gasteiger partial charge < -0.3 is 16.4 Å². The van der Waals surface area contributed by atoms with E-state index >= 15 is 0 Å². The van der Waals surface area contributed by atoms with E-state index in [1.165, 1.54) is 11.8 Å². The van der Waals surface area contributed by atoms with Crippen molar-refractivity contribution in [3.63, 3.8) is 0 Å². The number of hydrogen-bond acceptors (Lipinski definition) is 7. The van der Waals surface area contributed by atoms with Gasteiger partial charge in [-0.05, 0) is 31.9 Å². The minimum Gasteiger partial charge on any atom is -0.382 e. The number of halogens is 1. The van der Waals surface area contributed by atoms with Crippen LogP contribution in [0.2, 0.25) is 5.02 Å². The Balaban J connectivity index is 1.79. The highest BCUT2D eigenvalue weighted by molar-refractivity contribution is 7.99. The van der Waals surface area contributed by atoms with Crippen molar-refractivity contribution in [3.05, 3.63) is 29.2 Å². The van der Waals surface area contributed by atoms with E-state index in [4.69, 9.17) is 23.1 Å². The smallest absolute Gasteiger partial charge is 0.147 e. The second kappa shape index (κ2) is 6.90. The molecule has 2 aromatic rings. The number of aromatic nitrogens is 3. The third-order valence-corrected chi connectivity index (χ3v) is 5.58. The van der Waals surface area contributed by atoms with E-state index in [9.17, 15) is 0 Å². The molecule has 3 heterocycles. The number of aryl methyl sites for hydroxylation is 1. The van der Waals surface area contributed by atoms with Crippen LogP contribution in [0.1, 0.15) is 12.1 Å². The molecule has 0 aromatic carbocycles. The summed E-state index contributed by atoms with van der Waals surface area (Å²) < 4.78 is 0. The highest BCUT2D eigenvalue weighted by Crippen LogP contribution is 2.35. The summed E-state index contributed by atoms with van der Waals surface area (Å²) in [5.74, 6) is 1.77. The van der Waals surface area contributed by atoms with E-state index in [0.717, 1.165) is 47.5 Å². The van der Waals surface area contributed by atoms with Crippen LogP contribution in [-0.2, 0) is 0 Å². The number of hydrogen-bond donors (Lipinski definition) is 2. The van der Waals surface area contributed by atoms with Gasteiger partial charge in [0.2, 0.25) is 0 Å². The molecule has 4 N–H and O–H groups in total. The SMILES string of the molecule is Cc1nc(N2CC[C@H](CN)C2)cnc1Sc1ccnc(N)c1Cl. The minimum atomic E-state index is 0.323. The summed E-state index contributed by atoms with van der Waals surface area (Å²) >= 11 is 7.63. The maximum atomic E-state index is 6.19. The highest BCUT2D eigenvalue weighted by Gasteiger charge is 2.23. The van der Waals surface area contributed by atoms with Gasteiger partial charge >= 0.3 is 0 Å². The number of anilines is 2. The summed E-state index contributed by atoms with van der Waals surface area (Å²) in [6.07, 6.45) is 4.56. The predicted molar refractivity (Wildman–Crippen MR) is 93.9 cm³/mol. The molecule has 2 aromatic heterocycles. The zero-order valence-corrected chi connectivity index (χ0v) is 14.4. The summed E-state index contributed by atoms with van der Waals surface area (Å²) in [5.41, 5.74) is 12.4. The van der Waals surface area contributed by atoms with Crippen molar-refractivity contribution in [1.29, 1.82) is 0 Å². The van der Waals surface area contributed by atoms with E-state index in [-0.39, 0.29) is 0 Å². The zero-order valence-electron chi connectivity index (χ0n) is 12.9. The topological polar surface area (TPSA) is 94.0 Å². The van der Waals surface area contributed by atoms with Gasteiger partial charge in [0.05, 0.1) is 16.9 Å². The quantitative estimate of drug-likeness (QED) is 0.873. The third kappa shape index (κ3) is 3.52. The lowest BCUT2D eigenvalue weighted by Gasteiger charge is -2.18. The monoisotopic (exact) mass is 350 g/mol. The lowest BCUT2D eigenvalue weighted by Crippen LogP contribution is -2.23. The summed E-state index contributed by atoms with van der Waals surface area (Å²) in [6.45, 7) is 4.60. The Morgan fingerprint density at radius 1 is 1.43 bits per heavy atom. The van der Waals surface area contributed by atoms with Crippen LogP contribution in [-0.4, -0.2) is 34.6 Å². The van der Waals surface area contributed by atoms with Gasteiger partial charge in [0, 0.05) is 24.2 Å². The fourth-order valence-corrected chi connectivity index (χ4v) is 3.63. The molecule has 3 rings (SSSR count). The average Bonchev–Trinajstić information content (AvgIpc) is 3.02. The Morgan fingerprint density at radius 2 is 2.26 bits per heavy atom. The van der Waals surface area contributed by atoms with E-state index < -0.39 is 0 Å². The normalized spacial score (nSPS) is 17.7. The molecule has 0 bridgehead atoms. The molecule has 1 fully saturated rings. The summed E-state index contributed by atoms with van der Waals surface area (Å²) in [5, 5.41) is 1.27. The Hall–Kier alpha value is -1.57. The van der Waals surface area contributed by atoms with Crippen molar-refractivity contribution in [3.8, 4) is 0 Å². The van der Waals surface area contributed by atoms with Crippen LogP contribution in [0.25, 0.3) is 0 Å². The predicted octanol–water partition coefficient (Wildman–Crippen LogP) is 2.35. The molecular formula is C15H19ClN6S. The largest absolute Gasteiger partial charge is 0.382 e. The lowest BCUT2D eigenvalue weighted by molar-refractivity contribution is 0.602. The van der Waals surface area contributed by atoms with Gasteiger partial charge in [-0.2, -0.15) is 0 Å². The standard InChI is InChI=1S/C15H19ClN6S/c1-9-15(23-11-2-4-19-14(18)13(11)16)20-7-12(21-9)22-5-3-10(6-17)8-22/h2,4,7,10H,3,5-6,8,17H2,1H3,(H2,18,19)/t10-/m1/s1. The third-order valence-electron chi connectivity index (χ3n) is 3.92. The van der Waals surface area contributed by atoms with Crippen LogP contribution < -0.4 is 16.4 Å². The van der Waals surface area contributed by atoms with Gasteiger partial charge in [0.1, 0.15) is 16.7 Å². The molecule has 0 unspecified atom stereocenters. The number of nitrogens with two attached hydrogens (primary N) is 2. The van der Waals surface area contributed by atoms with Crippen LogP contribution in [0.4, 0.5) is 11.6 Å². The molecule has 8 heteroatoms. The van der Waals surface area contributed by atoms with Crippen molar-refractivity contribution in [2.75, 3.05) is 30.3 Å². The number of rotatable bonds is 4.